The highest BCUT2D eigenvalue weighted by Crippen LogP contribution is 2.43. The van der Waals surface area contributed by atoms with Crippen LogP contribution < -0.4 is 10.1 Å². The molecule has 19 heteroatoms. The summed E-state index contributed by atoms with van der Waals surface area (Å²) >= 11 is 0. The van der Waals surface area contributed by atoms with Gasteiger partial charge in [-0.05, 0) is 50.2 Å². The Morgan fingerprint density at radius 3 is 2.33 bits per heavy atom. The summed E-state index contributed by atoms with van der Waals surface area (Å²) in [6.45, 7) is 0.940. The Morgan fingerprint density at radius 1 is 1.00 bits per heavy atom. The van der Waals surface area contributed by atoms with E-state index in [9.17, 15) is 40.7 Å². The SMILES string of the molecule is CN(CCOc1ccc(CN2C(=O)C(C(=O)Nc3ccc(C(F)(F)F)cc3-c3cc(C(F)(F)F)ncn3)C(=O)C3(CCCC3)N2C)c(F)c1F)C1COC1. The Labute approximate surface area is 303 Å². The molecule has 0 bridgehead atoms. The number of nitrogens with one attached hydrogen (secondary N) is 1. The lowest BCUT2D eigenvalue weighted by Crippen LogP contribution is -2.69. The number of carbonyl (C=O) groups excluding carboxylic acids is 3. The number of rotatable bonds is 10. The van der Waals surface area contributed by atoms with E-state index in [1.54, 1.807) is 0 Å². The van der Waals surface area contributed by atoms with Gasteiger partial charge < -0.3 is 14.8 Å². The standard InChI is InChI=1S/C35H34F8N6O5/c1-47(21-16-53-17-21)11-12-54-25-8-5-19(28(36)29(25)37)15-49-32(52)27(30(50)33(48(49)2)9-3-4-10-33)31(51)46-23-7-6-20(34(38,39)40)13-22(23)24-14-26(35(41,42)43)45-18-44-24/h5-8,13-14,18,21,27H,3-4,9-12,15-17H2,1-2H3,(H,46,51). The van der Waals surface area contributed by atoms with Gasteiger partial charge in [-0.1, -0.05) is 18.9 Å². The summed E-state index contributed by atoms with van der Waals surface area (Å²) in [4.78, 5) is 50.8. The van der Waals surface area contributed by atoms with Crippen LogP contribution in [0.5, 0.6) is 5.75 Å². The van der Waals surface area contributed by atoms with Crippen molar-refractivity contribution in [3.63, 3.8) is 0 Å². The first-order valence-electron chi connectivity index (χ1n) is 16.8. The van der Waals surface area contributed by atoms with Crippen LogP contribution in [0.2, 0.25) is 0 Å². The number of amides is 2. The first-order valence-corrected chi connectivity index (χ1v) is 16.8. The zero-order chi connectivity index (χ0) is 39.2. The molecule has 1 aromatic heterocycles. The molecule has 1 saturated carbocycles. The largest absolute Gasteiger partial charge is 0.489 e. The minimum Gasteiger partial charge on any atom is -0.489 e. The maximum atomic E-state index is 15.5. The number of anilines is 1. The van der Waals surface area contributed by atoms with Gasteiger partial charge in [-0.2, -0.15) is 30.7 Å². The Balaban J connectivity index is 1.28. The molecule has 3 heterocycles. The van der Waals surface area contributed by atoms with E-state index in [0.717, 1.165) is 11.1 Å². The number of hydrazine groups is 1. The number of hydrogen-bond acceptors (Lipinski definition) is 9. The maximum Gasteiger partial charge on any atom is 0.433 e. The Bertz CT molecular complexity index is 1930. The fourth-order valence-electron chi connectivity index (χ4n) is 6.85. The number of Topliss-reactive ketones (excluding diaryl/α,β-unsaturated/α-hetero) is 1. The maximum absolute atomic E-state index is 15.5. The summed E-state index contributed by atoms with van der Waals surface area (Å²) in [6, 6.07) is 4.77. The predicted octanol–water partition coefficient (Wildman–Crippen LogP) is 5.49. The third-order valence-corrected chi connectivity index (χ3v) is 10.1. The van der Waals surface area contributed by atoms with E-state index in [-0.39, 0.29) is 36.8 Å². The lowest BCUT2D eigenvalue weighted by molar-refractivity contribution is -0.186. The van der Waals surface area contributed by atoms with E-state index < -0.39 is 87.8 Å². The number of likely N-dealkylation sites (N-methyl/N-ethyl adjacent to an activating group) is 2. The van der Waals surface area contributed by atoms with Gasteiger partial charge in [0.1, 0.15) is 18.6 Å². The van der Waals surface area contributed by atoms with Gasteiger partial charge in [0, 0.05) is 24.7 Å². The number of carbonyl (C=O) groups is 3. The summed E-state index contributed by atoms with van der Waals surface area (Å²) in [5.41, 5.74) is -6.22. The minimum absolute atomic E-state index is 0.0405. The molecule has 3 aliphatic rings. The van der Waals surface area contributed by atoms with Crippen LogP contribution in [-0.4, -0.2) is 94.5 Å². The van der Waals surface area contributed by atoms with Crippen molar-refractivity contribution in [2.24, 2.45) is 5.92 Å². The number of nitrogens with zero attached hydrogens (tertiary/aromatic N) is 5. The second-order valence-corrected chi connectivity index (χ2v) is 13.4. The van der Waals surface area contributed by atoms with Crippen molar-refractivity contribution in [3.8, 4) is 17.0 Å². The fraction of sp³-hybridized carbons (Fsp3) is 0.457. The van der Waals surface area contributed by atoms with Gasteiger partial charge in [0.25, 0.3) is 5.91 Å². The van der Waals surface area contributed by atoms with Crippen LogP contribution in [0, 0.1) is 17.6 Å². The number of ether oxygens (including phenoxy) is 2. The molecule has 2 aliphatic heterocycles. The summed E-state index contributed by atoms with van der Waals surface area (Å²) in [5, 5.41) is 4.50. The molecular formula is C35H34F8N6O5. The number of halogens is 8. The average Bonchev–Trinajstić information content (AvgIpc) is 3.59. The second kappa shape index (κ2) is 14.8. The molecule has 1 spiro atoms. The monoisotopic (exact) mass is 770 g/mol. The van der Waals surface area contributed by atoms with E-state index in [0.29, 0.717) is 57.1 Å². The fourth-order valence-corrected chi connectivity index (χ4v) is 6.85. The van der Waals surface area contributed by atoms with Crippen LogP contribution in [-0.2, 0) is 38.0 Å². The van der Waals surface area contributed by atoms with Gasteiger partial charge in [-0.3, -0.25) is 24.3 Å². The van der Waals surface area contributed by atoms with Gasteiger partial charge in [-0.25, -0.2) is 19.4 Å². The van der Waals surface area contributed by atoms with E-state index in [1.807, 2.05) is 11.9 Å². The highest BCUT2D eigenvalue weighted by Gasteiger charge is 2.58. The van der Waals surface area contributed by atoms with Crippen LogP contribution in [0.15, 0.2) is 42.7 Å². The number of ketones is 1. The van der Waals surface area contributed by atoms with Crippen molar-refractivity contribution < 1.29 is 59.0 Å². The second-order valence-electron chi connectivity index (χ2n) is 13.4. The summed E-state index contributed by atoms with van der Waals surface area (Å²) in [7, 11) is 3.25. The first kappa shape index (κ1) is 39.0. The Morgan fingerprint density at radius 2 is 1.70 bits per heavy atom. The van der Waals surface area contributed by atoms with E-state index in [2.05, 4.69) is 15.3 Å². The third-order valence-electron chi connectivity index (χ3n) is 10.1. The summed E-state index contributed by atoms with van der Waals surface area (Å²) in [6.07, 6.45) is -8.05. The quantitative estimate of drug-likeness (QED) is 0.211. The highest BCUT2D eigenvalue weighted by molar-refractivity contribution is 6.25. The molecule has 2 aromatic carbocycles. The van der Waals surface area contributed by atoms with Crippen LogP contribution in [0.1, 0.15) is 42.5 Å². The molecule has 2 amide bonds. The first-order chi connectivity index (χ1) is 25.4. The highest BCUT2D eigenvalue weighted by atomic mass is 19.4. The molecule has 1 unspecified atom stereocenters. The number of benzene rings is 2. The molecule has 1 atom stereocenters. The van der Waals surface area contributed by atoms with Crippen LogP contribution in [0.3, 0.4) is 0 Å². The normalized spacial score (nSPS) is 19.5. The molecule has 2 saturated heterocycles. The molecule has 1 N–H and O–H groups in total. The smallest absolute Gasteiger partial charge is 0.433 e. The van der Waals surface area contributed by atoms with Crippen LogP contribution in [0.25, 0.3) is 11.3 Å². The average molecular weight is 771 g/mol. The van der Waals surface area contributed by atoms with E-state index in [4.69, 9.17) is 9.47 Å². The van der Waals surface area contributed by atoms with Gasteiger partial charge >= 0.3 is 12.4 Å². The van der Waals surface area contributed by atoms with Crippen molar-refractivity contribution >= 4 is 23.3 Å². The predicted molar refractivity (Wildman–Crippen MR) is 173 cm³/mol. The van der Waals surface area contributed by atoms with Gasteiger partial charge in [0.05, 0.1) is 48.3 Å². The molecule has 54 heavy (non-hydrogen) atoms. The van der Waals surface area contributed by atoms with Crippen LogP contribution >= 0.6 is 0 Å². The molecule has 1 aliphatic carbocycles. The minimum atomic E-state index is -4.99. The van der Waals surface area contributed by atoms with Crippen molar-refractivity contribution in [2.75, 3.05) is 45.8 Å². The number of aromatic nitrogens is 2. The van der Waals surface area contributed by atoms with Crippen molar-refractivity contribution in [1.82, 2.24) is 24.9 Å². The zero-order valence-electron chi connectivity index (χ0n) is 28.9. The molecule has 290 valence electrons. The molecule has 3 aromatic rings. The van der Waals surface area contributed by atoms with Crippen molar-refractivity contribution in [3.05, 3.63) is 71.2 Å². The van der Waals surface area contributed by atoms with E-state index >= 15 is 8.78 Å². The Hall–Kier alpha value is -4.75. The van der Waals surface area contributed by atoms with Crippen molar-refractivity contribution in [1.29, 1.82) is 0 Å². The van der Waals surface area contributed by atoms with Crippen LogP contribution in [0.4, 0.5) is 40.8 Å². The third kappa shape index (κ3) is 7.48. The molecular weight excluding hydrogens is 736 g/mol. The molecule has 11 nitrogen and oxygen atoms in total. The van der Waals surface area contributed by atoms with Gasteiger partial charge in [0.15, 0.2) is 23.3 Å². The van der Waals surface area contributed by atoms with Gasteiger partial charge in [0.2, 0.25) is 11.7 Å². The molecule has 6 rings (SSSR count). The lowest BCUT2D eigenvalue weighted by atomic mass is 9.80. The molecule has 0 radical (unpaired) electrons. The van der Waals surface area contributed by atoms with E-state index in [1.165, 1.54) is 24.2 Å². The summed E-state index contributed by atoms with van der Waals surface area (Å²) < 4.78 is 123. The molecule has 3 fully saturated rings. The zero-order valence-corrected chi connectivity index (χ0v) is 28.9. The number of alkyl halides is 6. The van der Waals surface area contributed by atoms with Gasteiger partial charge in [-0.15, -0.1) is 0 Å². The summed E-state index contributed by atoms with van der Waals surface area (Å²) in [5.74, 6) is -8.39. The Kier molecular flexibility index (Phi) is 10.7. The van der Waals surface area contributed by atoms with Crippen molar-refractivity contribution in [2.45, 2.75) is 56.2 Å². The lowest BCUT2D eigenvalue weighted by Gasteiger charge is -2.49. The topological polar surface area (TPSA) is 117 Å². The number of hydrogen-bond donors (Lipinski definition) is 1.